The van der Waals surface area contributed by atoms with E-state index in [1.54, 1.807) is 7.11 Å². The maximum Gasteiger partial charge on any atom is 0.272 e. The average Bonchev–Trinajstić information content (AvgIpc) is 3.31. The molecular weight excluding hydrogens is 457 g/mol. The highest BCUT2D eigenvalue weighted by molar-refractivity contribution is 7.99. The number of amides is 2. The minimum atomic E-state index is -0.746. The number of hydrazine groups is 1. The molecule has 0 aliphatic heterocycles. The number of para-hydroxylation sites is 1. The summed E-state index contributed by atoms with van der Waals surface area (Å²) in [5, 5.41) is 9.09. The van der Waals surface area contributed by atoms with Crippen LogP contribution in [0.4, 0.5) is 4.39 Å². The SMILES string of the molecule is COc1cccc(-c2nnc(SCC(=O)NNC(=O)c3ccccc3F)n2-c2ccccc2)c1. The number of carbonyl (C=O) groups is 2. The number of thioether (sulfide) groups is 1. The Morgan fingerprint density at radius 1 is 0.971 bits per heavy atom. The van der Waals surface area contributed by atoms with Gasteiger partial charge in [0.15, 0.2) is 11.0 Å². The predicted molar refractivity (Wildman–Crippen MR) is 126 cm³/mol. The highest BCUT2D eigenvalue weighted by Crippen LogP contribution is 2.29. The number of aromatic nitrogens is 3. The molecule has 0 atom stereocenters. The molecule has 172 valence electrons. The highest BCUT2D eigenvalue weighted by Gasteiger charge is 2.18. The molecule has 0 saturated carbocycles. The van der Waals surface area contributed by atoms with Crippen LogP contribution in [0.3, 0.4) is 0 Å². The van der Waals surface area contributed by atoms with Gasteiger partial charge in [0, 0.05) is 11.3 Å². The number of nitrogens with zero attached hydrogens (tertiary/aromatic N) is 3. The summed E-state index contributed by atoms with van der Waals surface area (Å²) in [5.41, 5.74) is 5.96. The fourth-order valence-corrected chi connectivity index (χ4v) is 3.88. The van der Waals surface area contributed by atoms with E-state index in [0.29, 0.717) is 16.7 Å². The highest BCUT2D eigenvalue weighted by atomic mass is 32.2. The molecule has 1 aromatic heterocycles. The molecule has 0 bridgehead atoms. The van der Waals surface area contributed by atoms with Crippen LogP contribution in [0.2, 0.25) is 0 Å². The molecule has 1 heterocycles. The summed E-state index contributed by atoms with van der Waals surface area (Å²) in [6, 6.07) is 22.4. The molecule has 0 fully saturated rings. The van der Waals surface area contributed by atoms with E-state index in [0.717, 1.165) is 23.0 Å². The molecule has 4 rings (SSSR count). The number of methoxy groups -OCH3 is 1. The lowest BCUT2D eigenvalue weighted by atomic mass is 10.2. The Balaban J connectivity index is 1.49. The number of carbonyl (C=O) groups excluding carboxylic acids is 2. The maximum atomic E-state index is 13.7. The van der Waals surface area contributed by atoms with Crippen LogP contribution in [0.15, 0.2) is 84.0 Å². The molecule has 3 aromatic carbocycles. The van der Waals surface area contributed by atoms with Gasteiger partial charge in [-0.25, -0.2) is 4.39 Å². The summed E-state index contributed by atoms with van der Waals surface area (Å²) in [6.07, 6.45) is 0. The van der Waals surface area contributed by atoms with E-state index in [1.807, 2.05) is 59.2 Å². The van der Waals surface area contributed by atoms with Crippen molar-refractivity contribution in [1.29, 1.82) is 0 Å². The summed E-state index contributed by atoms with van der Waals surface area (Å²) >= 11 is 1.15. The van der Waals surface area contributed by atoms with Crippen LogP contribution in [-0.4, -0.2) is 39.4 Å². The second-order valence-corrected chi connectivity index (χ2v) is 7.92. The molecule has 10 heteroatoms. The first-order valence-corrected chi connectivity index (χ1v) is 11.2. The van der Waals surface area contributed by atoms with Gasteiger partial charge in [-0.05, 0) is 36.4 Å². The molecule has 2 N–H and O–H groups in total. The van der Waals surface area contributed by atoms with Crippen molar-refractivity contribution < 1.29 is 18.7 Å². The predicted octanol–water partition coefficient (Wildman–Crippen LogP) is 3.64. The van der Waals surface area contributed by atoms with Crippen molar-refractivity contribution in [3.63, 3.8) is 0 Å². The zero-order valence-electron chi connectivity index (χ0n) is 18.1. The number of hydrogen-bond donors (Lipinski definition) is 2. The van der Waals surface area contributed by atoms with Crippen molar-refractivity contribution in [1.82, 2.24) is 25.6 Å². The molecule has 0 radical (unpaired) electrons. The summed E-state index contributed by atoms with van der Waals surface area (Å²) in [7, 11) is 1.59. The van der Waals surface area contributed by atoms with Gasteiger partial charge in [-0.2, -0.15) is 0 Å². The van der Waals surface area contributed by atoms with Crippen LogP contribution < -0.4 is 15.6 Å². The first-order valence-electron chi connectivity index (χ1n) is 10.2. The normalized spacial score (nSPS) is 10.5. The molecular formula is C24H20FN5O3S. The summed E-state index contributed by atoms with van der Waals surface area (Å²) in [6.45, 7) is 0. The van der Waals surface area contributed by atoms with E-state index in [9.17, 15) is 14.0 Å². The van der Waals surface area contributed by atoms with Crippen molar-refractivity contribution in [2.24, 2.45) is 0 Å². The maximum absolute atomic E-state index is 13.7. The smallest absolute Gasteiger partial charge is 0.272 e. The minimum absolute atomic E-state index is 0.0549. The van der Waals surface area contributed by atoms with E-state index in [1.165, 1.54) is 24.3 Å². The molecule has 0 aliphatic rings. The van der Waals surface area contributed by atoms with Crippen molar-refractivity contribution in [2.75, 3.05) is 12.9 Å². The Kier molecular flexibility index (Phi) is 7.19. The topological polar surface area (TPSA) is 98.1 Å². The molecule has 0 saturated heterocycles. The third-order valence-corrected chi connectivity index (χ3v) is 5.67. The van der Waals surface area contributed by atoms with Crippen LogP contribution in [0.25, 0.3) is 17.1 Å². The van der Waals surface area contributed by atoms with E-state index < -0.39 is 17.6 Å². The molecule has 0 unspecified atom stereocenters. The molecule has 2 amide bonds. The number of halogens is 1. The van der Waals surface area contributed by atoms with Gasteiger partial charge in [-0.15, -0.1) is 10.2 Å². The molecule has 0 aliphatic carbocycles. The number of rotatable bonds is 7. The lowest BCUT2D eigenvalue weighted by Crippen LogP contribution is -2.42. The van der Waals surface area contributed by atoms with Gasteiger partial charge in [0.05, 0.1) is 18.4 Å². The summed E-state index contributed by atoms with van der Waals surface area (Å²) in [4.78, 5) is 24.4. The van der Waals surface area contributed by atoms with E-state index in [2.05, 4.69) is 21.0 Å². The molecule has 4 aromatic rings. The number of benzene rings is 3. The Hall–Kier alpha value is -4.18. The second kappa shape index (κ2) is 10.6. The van der Waals surface area contributed by atoms with Gasteiger partial charge in [0.2, 0.25) is 5.91 Å². The fourth-order valence-electron chi connectivity index (χ4n) is 3.13. The zero-order chi connectivity index (χ0) is 23.9. The number of nitrogens with one attached hydrogen (secondary N) is 2. The minimum Gasteiger partial charge on any atom is -0.497 e. The van der Waals surface area contributed by atoms with Crippen LogP contribution >= 0.6 is 11.8 Å². The third kappa shape index (κ3) is 5.24. The third-order valence-electron chi connectivity index (χ3n) is 4.74. The van der Waals surface area contributed by atoms with Gasteiger partial charge < -0.3 is 4.74 Å². The zero-order valence-corrected chi connectivity index (χ0v) is 18.9. The largest absolute Gasteiger partial charge is 0.497 e. The number of ether oxygens (including phenoxy) is 1. The summed E-state index contributed by atoms with van der Waals surface area (Å²) in [5.74, 6) is -0.699. The summed E-state index contributed by atoms with van der Waals surface area (Å²) < 4.78 is 20.9. The lowest BCUT2D eigenvalue weighted by molar-refractivity contribution is -0.119. The van der Waals surface area contributed by atoms with E-state index in [4.69, 9.17) is 4.74 Å². The molecule has 8 nitrogen and oxygen atoms in total. The average molecular weight is 478 g/mol. The fraction of sp³-hybridized carbons (Fsp3) is 0.0833. The Bertz CT molecular complexity index is 1310. The number of hydrogen-bond acceptors (Lipinski definition) is 6. The van der Waals surface area contributed by atoms with Crippen molar-refractivity contribution in [2.45, 2.75) is 5.16 Å². The standard InChI is InChI=1S/C24H20FN5O3S/c1-33-18-11-7-8-16(14-18)22-27-29-24(30(22)17-9-3-2-4-10-17)34-15-21(31)26-28-23(32)19-12-5-6-13-20(19)25/h2-14H,15H2,1H3,(H,26,31)(H,28,32). The van der Waals surface area contributed by atoms with Crippen molar-refractivity contribution in [3.8, 4) is 22.8 Å². The van der Waals surface area contributed by atoms with E-state index in [-0.39, 0.29) is 11.3 Å². The Morgan fingerprint density at radius 3 is 2.50 bits per heavy atom. The van der Waals surface area contributed by atoms with Gasteiger partial charge in [0.1, 0.15) is 11.6 Å². The molecule has 0 spiro atoms. The monoisotopic (exact) mass is 477 g/mol. The quantitative estimate of drug-likeness (QED) is 0.312. The molecule has 34 heavy (non-hydrogen) atoms. The van der Waals surface area contributed by atoms with Gasteiger partial charge in [-0.3, -0.25) is 25.0 Å². The van der Waals surface area contributed by atoms with Crippen LogP contribution in [0, 0.1) is 5.82 Å². The van der Waals surface area contributed by atoms with Crippen molar-refractivity contribution >= 4 is 23.6 Å². The Labute approximate surface area is 199 Å². The van der Waals surface area contributed by atoms with Crippen LogP contribution in [0.5, 0.6) is 5.75 Å². The first kappa shape index (κ1) is 23.0. The van der Waals surface area contributed by atoms with Gasteiger partial charge >= 0.3 is 0 Å². The second-order valence-electron chi connectivity index (χ2n) is 6.98. The van der Waals surface area contributed by atoms with E-state index >= 15 is 0 Å². The van der Waals surface area contributed by atoms with Crippen molar-refractivity contribution in [3.05, 3.63) is 90.2 Å². The first-order chi connectivity index (χ1) is 16.6. The Morgan fingerprint density at radius 2 is 1.74 bits per heavy atom. The van der Waals surface area contributed by atoms with Crippen LogP contribution in [-0.2, 0) is 4.79 Å². The van der Waals surface area contributed by atoms with Crippen LogP contribution in [0.1, 0.15) is 10.4 Å². The van der Waals surface area contributed by atoms with Gasteiger partial charge in [0.25, 0.3) is 5.91 Å². The lowest BCUT2D eigenvalue weighted by Gasteiger charge is -2.11. The van der Waals surface area contributed by atoms with Gasteiger partial charge in [-0.1, -0.05) is 54.2 Å².